The van der Waals surface area contributed by atoms with Gasteiger partial charge in [0, 0.05) is 43.1 Å². The Balaban J connectivity index is 1.42. The lowest BCUT2D eigenvalue weighted by atomic mass is 9.96. The molecule has 0 spiro atoms. The number of nitrogens with zero attached hydrogens (tertiary/aromatic N) is 5. The van der Waals surface area contributed by atoms with Gasteiger partial charge in [-0.2, -0.15) is 5.10 Å². The summed E-state index contributed by atoms with van der Waals surface area (Å²) in [5.74, 6) is 1.27. The first-order valence-corrected chi connectivity index (χ1v) is 10.1. The van der Waals surface area contributed by atoms with Crippen molar-refractivity contribution < 1.29 is 9.53 Å². The summed E-state index contributed by atoms with van der Waals surface area (Å²) in [7, 11) is 1.54. The van der Waals surface area contributed by atoms with Gasteiger partial charge in [-0.05, 0) is 49.1 Å². The lowest BCUT2D eigenvalue weighted by Crippen LogP contribution is -2.40. The van der Waals surface area contributed by atoms with Crippen LogP contribution in [0.5, 0.6) is 5.75 Å². The van der Waals surface area contributed by atoms with Gasteiger partial charge in [-0.15, -0.1) is 5.10 Å². The topological polar surface area (TPSA) is 82.2 Å². The van der Waals surface area contributed by atoms with Gasteiger partial charge in [0.25, 0.3) is 11.5 Å². The van der Waals surface area contributed by atoms with Crippen molar-refractivity contribution >= 4 is 17.5 Å². The molecule has 3 heterocycles. The van der Waals surface area contributed by atoms with Gasteiger partial charge in [-0.25, -0.2) is 9.36 Å². The highest BCUT2D eigenvalue weighted by molar-refractivity contribution is 6.31. The molecule has 9 heteroatoms. The fourth-order valence-electron chi connectivity index (χ4n) is 3.68. The maximum Gasteiger partial charge on any atom is 0.266 e. The van der Waals surface area contributed by atoms with Gasteiger partial charge in [0.2, 0.25) is 0 Å². The number of amides is 1. The first-order valence-electron chi connectivity index (χ1n) is 9.76. The average Bonchev–Trinajstić information content (AvgIpc) is 3.30. The average molecular weight is 428 g/mol. The first-order chi connectivity index (χ1) is 14.5. The highest BCUT2D eigenvalue weighted by Crippen LogP contribution is 2.26. The molecule has 1 aromatic carbocycles. The zero-order chi connectivity index (χ0) is 21.1. The molecule has 4 rings (SSSR count). The van der Waals surface area contributed by atoms with Crippen LogP contribution >= 0.6 is 11.6 Å². The Morgan fingerprint density at radius 2 is 2.03 bits per heavy atom. The number of ether oxygens (including phenoxy) is 1. The molecule has 0 unspecified atom stereocenters. The Morgan fingerprint density at radius 3 is 2.73 bits per heavy atom. The number of halogens is 1. The molecule has 0 saturated carbocycles. The van der Waals surface area contributed by atoms with Gasteiger partial charge >= 0.3 is 0 Å². The summed E-state index contributed by atoms with van der Waals surface area (Å²) < 4.78 is 8.41. The minimum absolute atomic E-state index is 0.0937. The monoisotopic (exact) mass is 427 g/mol. The van der Waals surface area contributed by atoms with E-state index in [9.17, 15) is 9.59 Å². The van der Waals surface area contributed by atoms with Crippen molar-refractivity contribution in [1.82, 2.24) is 24.5 Å². The van der Waals surface area contributed by atoms with E-state index in [0.29, 0.717) is 41.8 Å². The van der Waals surface area contributed by atoms with Gasteiger partial charge in [-0.3, -0.25) is 9.59 Å². The SMILES string of the molecule is COc1ccc(Cl)cc1C(=O)N1CCC(Cn2nc(-n3cccn3)ccc2=O)CC1. The number of hydrogen-bond donors (Lipinski definition) is 0. The van der Waals surface area contributed by atoms with Gasteiger partial charge < -0.3 is 9.64 Å². The zero-order valence-electron chi connectivity index (χ0n) is 16.6. The van der Waals surface area contributed by atoms with Crippen LogP contribution in [0.3, 0.4) is 0 Å². The van der Waals surface area contributed by atoms with E-state index in [0.717, 1.165) is 12.8 Å². The van der Waals surface area contributed by atoms with Gasteiger partial charge in [0.05, 0.1) is 12.7 Å². The fraction of sp³-hybridized carbons (Fsp3) is 0.333. The van der Waals surface area contributed by atoms with Crippen molar-refractivity contribution in [3.63, 3.8) is 0 Å². The number of carbonyl (C=O) groups is 1. The summed E-state index contributed by atoms with van der Waals surface area (Å²) in [4.78, 5) is 27.0. The molecule has 0 N–H and O–H groups in total. The molecular formula is C21H22ClN5O3. The molecule has 8 nitrogen and oxygen atoms in total. The van der Waals surface area contributed by atoms with E-state index in [1.165, 1.54) is 17.9 Å². The van der Waals surface area contributed by atoms with Crippen LogP contribution < -0.4 is 10.3 Å². The van der Waals surface area contributed by atoms with Crippen molar-refractivity contribution in [2.24, 2.45) is 5.92 Å². The fourth-order valence-corrected chi connectivity index (χ4v) is 3.85. The summed E-state index contributed by atoms with van der Waals surface area (Å²) in [6, 6.07) is 10.0. The van der Waals surface area contributed by atoms with Crippen LogP contribution in [-0.4, -0.2) is 50.6 Å². The second-order valence-electron chi connectivity index (χ2n) is 7.24. The number of benzene rings is 1. The lowest BCUT2D eigenvalue weighted by Gasteiger charge is -2.32. The van der Waals surface area contributed by atoms with Crippen molar-refractivity contribution in [1.29, 1.82) is 0 Å². The minimum atomic E-state index is -0.145. The highest BCUT2D eigenvalue weighted by Gasteiger charge is 2.26. The van der Waals surface area contributed by atoms with Crippen molar-refractivity contribution in [3.05, 3.63) is 69.7 Å². The standard InChI is InChI=1S/C21H22ClN5O3/c1-30-18-4-3-16(22)13-17(18)21(29)25-11-7-15(8-12-25)14-27-20(28)6-5-19(24-27)26-10-2-9-23-26/h2-6,9-10,13,15H,7-8,11-12,14H2,1H3. The maximum atomic E-state index is 12.9. The van der Waals surface area contributed by atoms with Crippen LogP contribution in [0, 0.1) is 5.92 Å². The zero-order valence-corrected chi connectivity index (χ0v) is 17.3. The second kappa shape index (κ2) is 8.71. The molecule has 0 aliphatic carbocycles. The molecule has 156 valence electrons. The Labute approximate surface area is 178 Å². The Morgan fingerprint density at radius 1 is 1.23 bits per heavy atom. The van der Waals surface area contributed by atoms with Crippen LogP contribution in [0.2, 0.25) is 5.02 Å². The Bertz CT molecular complexity index is 1090. The molecule has 0 radical (unpaired) electrons. The van der Waals surface area contributed by atoms with E-state index in [1.54, 1.807) is 52.3 Å². The Hall–Kier alpha value is -3.13. The van der Waals surface area contributed by atoms with Crippen molar-refractivity contribution in [2.75, 3.05) is 20.2 Å². The number of methoxy groups -OCH3 is 1. The van der Waals surface area contributed by atoms with Crippen LogP contribution in [0.1, 0.15) is 23.2 Å². The van der Waals surface area contributed by atoms with Gasteiger partial charge in [0.1, 0.15) is 5.75 Å². The number of rotatable bonds is 5. The van der Waals surface area contributed by atoms with E-state index < -0.39 is 0 Å². The molecule has 3 aromatic rings. The molecule has 1 aliphatic heterocycles. The number of piperidine rings is 1. The van der Waals surface area contributed by atoms with Crippen molar-refractivity contribution in [2.45, 2.75) is 19.4 Å². The predicted octanol–water partition coefficient (Wildman–Crippen LogP) is 2.64. The first kappa shape index (κ1) is 20.2. The summed E-state index contributed by atoms with van der Waals surface area (Å²) in [5.41, 5.74) is 0.321. The van der Waals surface area contributed by atoms with E-state index in [-0.39, 0.29) is 17.4 Å². The molecule has 1 amide bonds. The molecule has 1 aliphatic rings. The van der Waals surface area contributed by atoms with Crippen molar-refractivity contribution in [3.8, 4) is 11.6 Å². The van der Waals surface area contributed by atoms with Crippen LogP contribution in [0.25, 0.3) is 5.82 Å². The molecule has 0 bridgehead atoms. The summed E-state index contributed by atoms with van der Waals surface area (Å²) >= 11 is 6.06. The Kier molecular flexibility index (Phi) is 5.85. The number of carbonyl (C=O) groups excluding carboxylic acids is 1. The number of likely N-dealkylation sites (tertiary alicyclic amines) is 1. The van der Waals surface area contributed by atoms with Crippen LogP contribution in [0.4, 0.5) is 0 Å². The summed E-state index contributed by atoms with van der Waals surface area (Å²) in [6.07, 6.45) is 5.02. The quantitative estimate of drug-likeness (QED) is 0.625. The van der Waals surface area contributed by atoms with E-state index in [1.807, 2.05) is 0 Å². The third-order valence-corrected chi connectivity index (χ3v) is 5.55. The van der Waals surface area contributed by atoms with Crippen LogP contribution in [0.15, 0.2) is 53.6 Å². The number of aromatic nitrogens is 4. The molecule has 1 saturated heterocycles. The largest absolute Gasteiger partial charge is 0.496 e. The third-order valence-electron chi connectivity index (χ3n) is 5.32. The van der Waals surface area contributed by atoms with E-state index >= 15 is 0 Å². The van der Waals surface area contributed by atoms with E-state index in [2.05, 4.69) is 10.2 Å². The normalized spacial score (nSPS) is 14.7. The third kappa shape index (κ3) is 4.23. The van der Waals surface area contributed by atoms with Gasteiger partial charge in [-0.1, -0.05) is 11.6 Å². The summed E-state index contributed by atoms with van der Waals surface area (Å²) in [5, 5.41) is 9.09. The second-order valence-corrected chi connectivity index (χ2v) is 7.68. The smallest absolute Gasteiger partial charge is 0.266 e. The molecule has 1 fully saturated rings. The van der Waals surface area contributed by atoms with Crippen LogP contribution in [-0.2, 0) is 6.54 Å². The van der Waals surface area contributed by atoms with E-state index in [4.69, 9.17) is 16.3 Å². The molecule has 2 aromatic heterocycles. The molecule has 30 heavy (non-hydrogen) atoms. The molecule has 0 atom stereocenters. The predicted molar refractivity (Wildman–Crippen MR) is 112 cm³/mol. The highest BCUT2D eigenvalue weighted by atomic mass is 35.5. The summed E-state index contributed by atoms with van der Waals surface area (Å²) in [6.45, 7) is 1.72. The number of hydrogen-bond acceptors (Lipinski definition) is 5. The van der Waals surface area contributed by atoms with Gasteiger partial charge in [0.15, 0.2) is 5.82 Å². The molecular weight excluding hydrogens is 406 g/mol. The lowest BCUT2D eigenvalue weighted by molar-refractivity contribution is 0.0677. The minimum Gasteiger partial charge on any atom is -0.496 e. The maximum absolute atomic E-state index is 12.9.